The predicted octanol–water partition coefficient (Wildman–Crippen LogP) is 1.50. The summed E-state index contributed by atoms with van der Waals surface area (Å²) in [6.07, 6.45) is 0. The zero-order chi connectivity index (χ0) is 12.4. The molecule has 90 valence electrons. The van der Waals surface area contributed by atoms with Crippen LogP contribution < -0.4 is 8.92 Å². The van der Waals surface area contributed by atoms with Crippen LogP contribution in [0.25, 0.3) is 0 Å². The Bertz CT molecular complexity index is 592. The molecular formula is C16H14Se2. The van der Waals surface area contributed by atoms with E-state index in [0.717, 1.165) is 0 Å². The molecule has 2 aromatic carbocycles. The third-order valence-corrected chi connectivity index (χ3v) is 11.8. The summed E-state index contributed by atoms with van der Waals surface area (Å²) < 4.78 is 4.01. The van der Waals surface area contributed by atoms with Gasteiger partial charge in [0, 0.05) is 0 Å². The van der Waals surface area contributed by atoms with Crippen molar-refractivity contribution in [2.75, 3.05) is 0 Å². The van der Waals surface area contributed by atoms with Gasteiger partial charge < -0.3 is 0 Å². The molecule has 2 aliphatic heterocycles. The molecule has 0 aromatic heterocycles. The van der Waals surface area contributed by atoms with Gasteiger partial charge in [0.1, 0.15) is 0 Å². The van der Waals surface area contributed by atoms with Crippen molar-refractivity contribution in [3.05, 3.63) is 59.7 Å². The monoisotopic (exact) mass is 366 g/mol. The van der Waals surface area contributed by atoms with Crippen molar-refractivity contribution in [1.82, 2.24) is 0 Å². The molecule has 0 radical (unpaired) electrons. The Kier molecular flexibility index (Phi) is 2.21. The normalized spacial score (nSPS) is 31.9. The van der Waals surface area contributed by atoms with Crippen LogP contribution in [0.2, 0.25) is 0 Å². The van der Waals surface area contributed by atoms with E-state index in [1.807, 2.05) is 0 Å². The zero-order valence-electron chi connectivity index (χ0n) is 10.4. The second-order valence-electron chi connectivity index (χ2n) is 5.26. The molecule has 2 heterocycles. The summed E-state index contributed by atoms with van der Waals surface area (Å²) in [6.45, 7) is 5.00. The van der Waals surface area contributed by atoms with Crippen LogP contribution in [-0.4, -0.2) is 29.9 Å². The molecule has 0 saturated heterocycles. The van der Waals surface area contributed by atoms with Crippen LogP contribution in [0.1, 0.15) is 25.0 Å². The van der Waals surface area contributed by atoms with Crippen molar-refractivity contribution in [3.8, 4) is 0 Å². The van der Waals surface area contributed by atoms with E-state index in [2.05, 4.69) is 62.4 Å². The van der Waals surface area contributed by atoms with Crippen molar-refractivity contribution < 1.29 is 0 Å². The van der Waals surface area contributed by atoms with Gasteiger partial charge in [-0.1, -0.05) is 0 Å². The molecule has 0 aliphatic carbocycles. The second-order valence-corrected chi connectivity index (χ2v) is 11.4. The third-order valence-electron chi connectivity index (χ3n) is 4.34. The second kappa shape index (κ2) is 3.52. The molecule has 2 atom stereocenters. The van der Waals surface area contributed by atoms with Crippen LogP contribution in [0.4, 0.5) is 0 Å². The molecule has 2 aliphatic rings. The molecule has 0 saturated carbocycles. The van der Waals surface area contributed by atoms with Crippen LogP contribution >= 0.6 is 0 Å². The summed E-state index contributed by atoms with van der Waals surface area (Å²) in [6, 6.07) is 18.3. The van der Waals surface area contributed by atoms with Gasteiger partial charge in [0.05, 0.1) is 0 Å². The average Bonchev–Trinajstić information content (AvgIpc) is 2.73. The van der Waals surface area contributed by atoms with Crippen molar-refractivity contribution in [1.29, 1.82) is 0 Å². The molecule has 0 N–H and O–H groups in total. The SMILES string of the molecule is C[C@@]12[Se]c3ccccc3[C@]1(C)[Se]c1ccccc12. The molecule has 0 bridgehead atoms. The number of rotatable bonds is 0. The van der Waals surface area contributed by atoms with E-state index < -0.39 is 0 Å². The average molecular weight is 364 g/mol. The maximum atomic E-state index is 2.50. The van der Waals surface area contributed by atoms with Gasteiger partial charge in [-0.3, -0.25) is 0 Å². The molecular weight excluding hydrogens is 350 g/mol. The quantitative estimate of drug-likeness (QED) is 0.622. The third kappa shape index (κ3) is 1.18. The van der Waals surface area contributed by atoms with Crippen molar-refractivity contribution in [2.45, 2.75) is 22.5 Å². The number of hydrogen-bond acceptors (Lipinski definition) is 0. The number of fused-ring (bicyclic) bond motifs is 5. The maximum absolute atomic E-state index is 2.50. The summed E-state index contributed by atoms with van der Waals surface area (Å²) in [5, 5.41) is 0. The summed E-state index contributed by atoms with van der Waals surface area (Å²) in [4.78, 5) is 0. The molecule has 2 aromatic rings. The van der Waals surface area contributed by atoms with Gasteiger partial charge in [0.2, 0.25) is 0 Å². The molecule has 2 heteroatoms. The first kappa shape index (κ1) is 11.3. The van der Waals surface area contributed by atoms with Gasteiger partial charge in [-0.05, 0) is 0 Å². The molecule has 18 heavy (non-hydrogen) atoms. The molecule has 0 nitrogen and oxygen atoms in total. The molecule has 0 amide bonds. The predicted molar refractivity (Wildman–Crippen MR) is 78.4 cm³/mol. The Balaban J connectivity index is 2.00. The molecule has 0 fully saturated rings. The van der Waals surface area contributed by atoms with E-state index in [1.54, 1.807) is 20.1 Å². The summed E-state index contributed by atoms with van der Waals surface area (Å²) >= 11 is 1.12. The zero-order valence-corrected chi connectivity index (χ0v) is 13.9. The Hall–Kier alpha value is -0.521. The summed E-state index contributed by atoms with van der Waals surface area (Å²) in [7, 11) is 0. The van der Waals surface area contributed by atoms with Crippen LogP contribution in [-0.2, 0) is 8.63 Å². The first-order valence-electron chi connectivity index (χ1n) is 6.22. The fraction of sp³-hybridized carbons (Fsp3) is 0.250. The first-order chi connectivity index (χ1) is 8.65. The van der Waals surface area contributed by atoms with Gasteiger partial charge in [-0.25, -0.2) is 0 Å². The van der Waals surface area contributed by atoms with E-state index in [-0.39, 0.29) is 0 Å². The minimum atomic E-state index is 0.375. The van der Waals surface area contributed by atoms with Crippen LogP contribution in [0.3, 0.4) is 0 Å². The van der Waals surface area contributed by atoms with E-state index in [9.17, 15) is 0 Å². The first-order valence-corrected chi connectivity index (χ1v) is 9.65. The summed E-state index contributed by atoms with van der Waals surface area (Å²) in [5.41, 5.74) is 3.26. The van der Waals surface area contributed by atoms with Gasteiger partial charge in [-0.15, -0.1) is 0 Å². The fourth-order valence-electron chi connectivity index (χ4n) is 3.16. The van der Waals surface area contributed by atoms with Crippen molar-refractivity contribution >= 4 is 38.8 Å². The van der Waals surface area contributed by atoms with Gasteiger partial charge in [0.25, 0.3) is 0 Å². The van der Waals surface area contributed by atoms with E-state index >= 15 is 0 Å². The van der Waals surface area contributed by atoms with Crippen molar-refractivity contribution in [2.24, 2.45) is 0 Å². The van der Waals surface area contributed by atoms with Crippen LogP contribution in [0.5, 0.6) is 0 Å². The minimum absolute atomic E-state index is 0.375. The topological polar surface area (TPSA) is 0 Å². The molecule has 0 unspecified atom stereocenters. The van der Waals surface area contributed by atoms with Crippen LogP contribution in [0.15, 0.2) is 48.5 Å². The Morgan fingerprint density at radius 1 is 0.667 bits per heavy atom. The molecule has 4 rings (SSSR count). The Labute approximate surface area is 120 Å². The number of hydrogen-bond donors (Lipinski definition) is 0. The van der Waals surface area contributed by atoms with Crippen molar-refractivity contribution in [3.63, 3.8) is 0 Å². The van der Waals surface area contributed by atoms with Crippen LogP contribution in [0, 0.1) is 0 Å². The van der Waals surface area contributed by atoms with Gasteiger partial charge in [0.15, 0.2) is 0 Å². The Morgan fingerprint density at radius 2 is 1.06 bits per heavy atom. The van der Waals surface area contributed by atoms with Gasteiger partial charge in [-0.2, -0.15) is 0 Å². The summed E-state index contributed by atoms with van der Waals surface area (Å²) in [5.74, 6) is 0. The molecule has 0 spiro atoms. The fourth-order valence-corrected chi connectivity index (χ4v) is 11.3. The van der Waals surface area contributed by atoms with E-state index in [4.69, 9.17) is 0 Å². The standard InChI is InChI=1S/C16H14Se2/c1-15-11-7-3-5-9-13(11)18-16(15,2)12-8-4-6-10-14(12)17-15/h3-10H,1-2H3/t15-,16-/m0/s1. The Morgan fingerprint density at radius 3 is 1.50 bits per heavy atom. The number of benzene rings is 2. The van der Waals surface area contributed by atoms with Gasteiger partial charge >= 0.3 is 121 Å². The van der Waals surface area contributed by atoms with E-state index in [0.29, 0.717) is 38.5 Å². The van der Waals surface area contributed by atoms with E-state index in [1.165, 1.54) is 0 Å².